The van der Waals surface area contributed by atoms with E-state index in [0.29, 0.717) is 24.2 Å². The van der Waals surface area contributed by atoms with Gasteiger partial charge < -0.3 is 9.64 Å². The molecule has 9 heteroatoms. The van der Waals surface area contributed by atoms with Crippen LogP contribution in [0.25, 0.3) is 11.3 Å². The topological polar surface area (TPSA) is 101 Å². The SMILES string of the molecule is Cc1cccc(C)c1-c1cc2nc(n1)NS(=O)(=O)c1cccc(c1)C(=O)N1CCc3cc(C(C)(C)C)ccc3[C@H]1CO2. The first-order valence-corrected chi connectivity index (χ1v) is 15.5. The zero-order valence-corrected chi connectivity index (χ0v) is 25.2. The molecule has 0 fully saturated rings. The summed E-state index contributed by atoms with van der Waals surface area (Å²) in [4.78, 5) is 24.7. The predicted molar refractivity (Wildman–Crippen MR) is 162 cm³/mol. The van der Waals surface area contributed by atoms with Crippen molar-refractivity contribution in [3.63, 3.8) is 0 Å². The summed E-state index contributed by atoms with van der Waals surface area (Å²) in [5, 5.41) is 0. The van der Waals surface area contributed by atoms with E-state index in [2.05, 4.69) is 53.7 Å². The number of aromatic nitrogens is 2. The van der Waals surface area contributed by atoms with Gasteiger partial charge in [-0.15, -0.1) is 0 Å². The highest BCUT2D eigenvalue weighted by atomic mass is 32.2. The van der Waals surface area contributed by atoms with Crippen LogP contribution in [0.3, 0.4) is 0 Å². The van der Waals surface area contributed by atoms with Gasteiger partial charge >= 0.3 is 0 Å². The number of benzene rings is 3. The smallest absolute Gasteiger partial charge is 0.264 e. The van der Waals surface area contributed by atoms with E-state index >= 15 is 0 Å². The van der Waals surface area contributed by atoms with Crippen molar-refractivity contribution in [3.8, 4) is 17.1 Å². The highest BCUT2D eigenvalue weighted by Gasteiger charge is 2.34. The first kappa shape index (κ1) is 27.9. The van der Waals surface area contributed by atoms with E-state index in [9.17, 15) is 13.2 Å². The number of ether oxygens (including phenoxy) is 1. The van der Waals surface area contributed by atoms with Crippen LogP contribution in [0.2, 0.25) is 0 Å². The number of anilines is 1. The first-order chi connectivity index (χ1) is 19.9. The van der Waals surface area contributed by atoms with Crippen molar-refractivity contribution in [2.45, 2.75) is 57.4 Å². The Hall–Kier alpha value is -4.24. The number of fused-ring (bicyclic) bond motifs is 7. The van der Waals surface area contributed by atoms with Crippen molar-refractivity contribution in [2.75, 3.05) is 17.9 Å². The number of hydrogen-bond donors (Lipinski definition) is 1. The molecule has 0 radical (unpaired) electrons. The molecule has 6 rings (SSSR count). The van der Waals surface area contributed by atoms with Crippen molar-refractivity contribution in [1.29, 1.82) is 0 Å². The normalized spacial score (nSPS) is 17.9. The molecule has 1 amide bonds. The van der Waals surface area contributed by atoms with Crippen LogP contribution < -0.4 is 9.46 Å². The summed E-state index contributed by atoms with van der Waals surface area (Å²) in [6, 6.07) is 19.8. The van der Waals surface area contributed by atoms with E-state index in [1.165, 1.54) is 23.3 Å². The van der Waals surface area contributed by atoms with Gasteiger partial charge in [0.05, 0.1) is 16.6 Å². The number of amides is 1. The van der Waals surface area contributed by atoms with Gasteiger partial charge in [-0.3, -0.25) is 4.79 Å². The van der Waals surface area contributed by atoms with Gasteiger partial charge in [0.25, 0.3) is 15.9 Å². The Labute approximate surface area is 246 Å². The molecule has 1 N–H and O–H groups in total. The van der Waals surface area contributed by atoms with E-state index in [0.717, 1.165) is 22.3 Å². The monoisotopic (exact) mass is 582 g/mol. The molecule has 2 aliphatic heterocycles. The second kappa shape index (κ2) is 10.2. The minimum Gasteiger partial charge on any atom is -0.475 e. The summed E-state index contributed by atoms with van der Waals surface area (Å²) < 4.78 is 35.8. The summed E-state index contributed by atoms with van der Waals surface area (Å²) in [6.07, 6.45) is 0.690. The van der Waals surface area contributed by atoms with Gasteiger partial charge in [-0.1, -0.05) is 63.2 Å². The highest BCUT2D eigenvalue weighted by Crippen LogP contribution is 2.36. The Balaban J connectivity index is 1.52. The summed E-state index contributed by atoms with van der Waals surface area (Å²) in [5.74, 6) is -0.131. The second-order valence-corrected chi connectivity index (χ2v) is 13.7. The largest absolute Gasteiger partial charge is 0.475 e. The van der Waals surface area contributed by atoms with Gasteiger partial charge in [-0.05, 0) is 71.7 Å². The fraction of sp³-hybridized carbons (Fsp3) is 0.303. The number of sulfonamides is 1. The third kappa shape index (κ3) is 5.13. The van der Waals surface area contributed by atoms with E-state index in [1.54, 1.807) is 23.1 Å². The quantitative estimate of drug-likeness (QED) is 0.296. The highest BCUT2D eigenvalue weighted by molar-refractivity contribution is 7.92. The third-order valence-corrected chi connectivity index (χ3v) is 9.40. The molecular weight excluding hydrogens is 548 g/mol. The van der Waals surface area contributed by atoms with Crippen molar-refractivity contribution in [2.24, 2.45) is 0 Å². The number of nitrogens with zero attached hydrogens (tertiary/aromatic N) is 3. The molecule has 2 aliphatic rings. The van der Waals surface area contributed by atoms with Gasteiger partial charge in [-0.25, -0.2) is 18.1 Å². The van der Waals surface area contributed by atoms with Crippen LogP contribution >= 0.6 is 0 Å². The van der Waals surface area contributed by atoms with E-state index in [-0.39, 0.29) is 34.7 Å². The number of aryl methyl sites for hydroxylation is 2. The lowest BCUT2D eigenvalue weighted by atomic mass is 9.82. The summed E-state index contributed by atoms with van der Waals surface area (Å²) in [5.41, 5.74) is 7.12. The lowest BCUT2D eigenvalue weighted by Crippen LogP contribution is -2.42. The zero-order chi connectivity index (χ0) is 29.8. The number of carbonyl (C=O) groups is 1. The molecule has 0 aliphatic carbocycles. The minimum absolute atomic E-state index is 0.0103. The van der Waals surface area contributed by atoms with Crippen molar-refractivity contribution in [3.05, 3.63) is 100 Å². The Kier molecular flexibility index (Phi) is 6.80. The Morgan fingerprint density at radius 2 is 1.69 bits per heavy atom. The molecule has 4 aromatic rings. The van der Waals surface area contributed by atoms with Gasteiger partial charge in [0.2, 0.25) is 11.8 Å². The lowest BCUT2D eigenvalue weighted by molar-refractivity contribution is 0.0586. The standard InChI is InChI=1S/C33H34N4O4S/c1-20-8-6-9-21(2)30(20)27-18-29-35-32(34-27)36-42(39,40)25-11-7-10-23(17-25)31(38)37-15-14-22-16-24(33(3,4)5)12-13-26(22)28(37)19-41-29/h6-13,16-18,28H,14-15,19H2,1-5H3,(H,34,35,36)/t28-/m1/s1. The molecule has 0 saturated carbocycles. The molecule has 1 aromatic heterocycles. The minimum atomic E-state index is -4.10. The fourth-order valence-corrected chi connectivity index (χ4v) is 6.79. The second-order valence-electron chi connectivity index (χ2n) is 12.1. The van der Waals surface area contributed by atoms with Crippen molar-refractivity contribution in [1.82, 2.24) is 14.9 Å². The first-order valence-electron chi connectivity index (χ1n) is 14.1. The maximum atomic E-state index is 13.9. The summed E-state index contributed by atoms with van der Waals surface area (Å²) >= 11 is 0. The molecular formula is C33H34N4O4S. The van der Waals surface area contributed by atoms with Gasteiger partial charge in [0, 0.05) is 23.7 Å². The number of rotatable bonds is 1. The number of nitrogens with one attached hydrogen (secondary N) is 1. The molecule has 3 aromatic carbocycles. The van der Waals surface area contributed by atoms with Crippen LogP contribution in [0.4, 0.5) is 5.95 Å². The zero-order valence-electron chi connectivity index (χ0n) is 24.4. The van der Waals surface area contributed by atoms with Crippen LogP contribution in [0.15, 0.2) is 71.6 Å². The molecule has 3 heterocycles. The molecule has 0 saturated heterocycles. The number of carbonyl (C=O) groups excluding carboxylic acids is 1. The maximum absolute atomic E-state index is 13.9. The summed E-state index contributed by atoms with van der Waals surface area (Å²) in [7, 11) is -4.10. The molecule has 42 heavy (non-hydrogen) atoms. The van der Waals surface area contributed by atoms with E-state index in [4.69, 9.17) is 4.74 Å². The van der Waals surface area contributed by atoms with Crippen LogP contribution in [0.1, 0.15) is 65.0 Å². The van der Waals surface area contributed by atoms with Crippen LogP contribution in [-0.2, 0) is 21.9 Å². The molecule has 8 nitrogen and oxygen atoms in total. The third-order valence-electron chi connectivity index (χ3n) is 8.07. The van der Waals surface area contributed by atoms with E-state index in [1.807, 2.05) is 32.0 Å². The summed E-state index contributed by atoms with van der Waals surface area (Å²) in [6.45, 7) is 11.1. The van der Waals surface area contributed by atoms with Crippen molar-refractivity contribution < 1.29 is 17.9 Å². The fourth-order valence-electron chi connectivity index (χ4n) is 5.80. The Morgan fingerprint density at radius 3 is 2.43 bits per heavy atom. The van der Waals surface area contributed by atoms with E-state index < -0.39 is 16.1 Å². The van der Waals surface area contributed by atoms with Gasteiger partial charge in [0.1, 0.15) is 6.61 Å². The maximum Gasteiger partial charge on any atom is 0.264 e. The van der Waals surface area contributed by atoms with Crippen LogP contribution in [0, 0.1) is 13.8 Å². The van der Waals surface area contributed by atoms with Crippen LogP contribution in [0.5, 0.6) is 5.88 Å². The molecule has 0 spiro atoms. The Morgan fingerprint density at radius 1 is 0.952 bits per heavy atom. The molecule has 0 unspecified atom stereocenters. The predicted octanol–water partition coefficient (Wildman–Crippen LogP) is 5.99. The average molecular weight is 583 g/mol. The van der Waals surface area contributed by atoms with Gasteiger partial charge in [0.15, 0.2) is 0 Å². The number of hydrogen-bond acceptors (Lipinski definition) is 6. The van der Waals surface area contributed by atoms with Gasteiger partial charge in [-0.2, -0.15) is 4.98 Å². The molecule has 216 valence electrons. The molecule has 1 atom stereocenters. The van der Waals surface area contributed by atoms with Crippen LogP contribution in [-0.4, -0.2) is 42.3 Å². The lowest BCUT2D eigenvalue weighted by Gasteiger charge is -2.38. The molecule has 4 bridgehead atoms. The average Bonchev–Trinajstić information content (AvgIpc) is 2.94. The Bertz CT molecular complexity index is 1810. The van der Waals surface area contributed by atoms with Crippen molar-refractivity contribution >= 4 is 21.9 Å².